The van der Waals surface area contributed by atoms with Crippen LogP contribution in [0.2, 0.25) is 0 Å². The summed E-state index contributed by atoms with van der Waals surface area (Å²) >= 11 is 0. The summed E-state index contributed by atoms with van der Waals surface area (Å²) in [7, 11) is 0. The Hall–Kier alpha value is -0.0400. The molecule has 0 spiro atoms. The number of hydrogen-bond donors (Lipinski definition) is 1. The molecule has 0 bridgehead atoms. The minimum atomic E-state index is 0.796. The lowest BCUT2D eigenvalue weighted by molar-refractivity contribution is 0.411. The predicted octanol–water partition coefficient (Wildman–Crippen LogP) is 6.08. The van der Waals surface area contributed by atoms with Gasteiger partial charge in [-0.1, -0.05) is 85.0 Å². The van der Waals surface area contributed by atoms with Gasteiger partial charge in [0, 0.05) is 6.04 Å². The topological polar surface area (TPSA) is 12.0 Å². The van der Waals surface area contributed by atoms with E-state index in [1.54, 1.807) is 0 Å². The van der Waals surface area contributed by atoms with E-state index in [4.69, 9.17) is 0 Å². The van der Waals surface area contributed by atoms with Gasteiger partial charge >= 0.3 is 0 Å². The summed E-state index contributed by atoms with van der Waals surface area (Å²) in [5.74, 6) is 0. The smallest absolute Gasteiger partial charge is 0.00670 e. The summed E-state index contributed by atoms with van der Waals surface area (Å²) in [6.07, 6.45) is 18.1. The molecule has 0 aromatic carbocycles. The van der Waals surface area contributed by atoms with E-state index < -0.39 is 0 Å². The molecule has 0 heterocycles. The van der Waals surface area contributed by atoms with E-state index in [9.17, 15) is 0 Å². The lowest BCUT2D eigenvalue weighted by Crippen LogP contribution is -2.30. The van der Waals surface area contributed by atoms with Gasteiger partial charge in [0.05, 0.1) is 0 Å². The van der Waals surface area contributed by atoms with Crippen molar-refractivity contribution in [2.24, 2.45) is 0 Å². The second-order valence-corrected chi connectivity index (χ2v) is 6.06. The molecule has 0 aliphatic heterocycles. The Balaban J connectivity index is 3.63. The van der Waals surface area contributed by atoms with Gasteiger partial charge in [0.2, 0.25) is 0 Å². The van der Waals surface area contributed by atoms with Gasteiger partial charge in [-0.15, -0.1) is 0 Å². The van der Waals surface area contributed by atoms with Crippen molar-refractivity contribution in [3.8, 4) is 0 Å². The first-order valence-corrected chi connectivity index (χ1v) is 9.08. The first-order chi connectivity index (χ1) is 9.35. The lowest BCUT2D eigenvalue weighted by atomic mass is 10.0. The van der Waals surface area contributed by atoms with Crippen LogP contribution in [0, 0.1) is 0 Å². The normalized spacial score (nSPS) is 12.8. The molecule has 1 nitrogen and oxygen atoms in total. The molecule has 1 atom stereocenters. The van der Waals surface area contributed by atoms with E-state index in [0.717, 1.165) is 6.04 Å². The van der Waals surface area contributed by atoms with Crippen molar-refractivity contribution in [2.45, 2.75) is 110 Å². The van der Waals surface area contributed by atoms with Crippen LogP contribution in [0.3, 0.4) is 0 Å². The fourth-order valence-electron chi connectivity index (χ4n) is 2.66. The average molecular weight is 270 g/mol. The van der Waals surface area contributed by atoms with E-state index in [2.05, 4.69) is 26.1 Å². The van der Waals surface area contributed by atoms with Gasteiger partial charge in [-0.05, 0) is 25.8 Å². The molecule has 0 fully saturated rings. The third-order valence-electron chi connectivity index (χ3n) is 4.03. The fourth-order valence-corrected chi connectivity index (χ4v) is 2.66. The maximum Gasteiger partial charge on any atom is 0.00670 e. The maximum atomic E-state index is 3.81. The molecule has 19 heavy (non-hydrogen) atoms. The van der Waals surface area contributed by atoms with Crippen LogP contribution in [0.4, 0.5) is 0 Å². The summed E-state index contributed by atoms with van der Waals surface area (Å²) in [5, 5.41) is 3.81. The standard InChI is InChI=1S/C18H39N/c1-4-7-10-13-16-18(15-12-9-6-3)19-17-14-11-8-5-2/h18-19H,4-17H2,1-3H3. The Morgan fingerprint density at radius 3 is 1.63 bits per heavy atom. The van der Waals surface area contributed by atoms with Crippen LogP contribution in [-0.2, 0) is 0 Å². The van der Waals surface area contributed by atoms with E-state index in [1.807, 2.05) is 0 Å². The third kappa shape index (κ3) is 14.2. The van der Waals surface area contributed by atoms with Crippen LogP contribution >= 0.6 is 0 Å². The summed E-state index contributed by atoms with van der Waals surface area (Å²) in [5.41, 5.74) is 0. The van der Waals surface area contributed by atoms with Gasteiger partial charge in [-0.25, -0.2) is 0 Å². The molecule has 0 radical (unpaired) electrons. The molecule has 0 aliphatic carbocycles. The highest BCUT2D eigenvalue weighted by molar-refractivity contribution is 4.67. The first-order valence-electron chi connectivity index (χ1n) is 9.08. The molecular weight excluding hydrogens is 230 g/mol. The van der Waals surface area contributed by atoms with E-state index in [1.165, 1.54) is 90.0 Å². The molecule has 0 aromatic rings. The maximum absolute atomic E-state index is 3.81. The van der Waals surface area contributed by atoms with Gasteiger partial charge in [-0.3, -0.25) is 0 Å². The van der Waals surface area contributed by atoms with Crippen molar-refractivity contribution in [3.05, 3.63) is 0 Å². The van der Waals surface area contributed by atoms with Crippen molar-refractivity contribution in [1.29, 1.82) is 0 Å². The Kier molecular flexibility index (Phi) is 16.0. The minimum Gasteiger partial charge on any atom is -0.314 e. The second-order valence-electron chi connectivity index (χ2n) is 6.06. The quantitative estimate of drug-likeness (QED) is 0.355. The van der Waals surface area contributed by atoms with Gasteiger partial charge in [0.15, 0.2) is 0 Å². The van der Waals surface area contributed by atoms with Crippen LogP contribution in [-0.4, -0.2) is 12.6 Å². The van der Waals surface area contributed by atoms with E-state index >= 15 is 0 Å². The first kappa shape index (κ1) is 19.0. The summed E-state index contributed by atoms with van der Waals surface area (Å²) in [6, 6.07) is 0.796. The monoisotopic (exact) mass is 269 g/mol. The SMILES string of the molecule is CCCCCCNC(CCCCC)CCCCCC. The molecule has 0 aliphatic rings. The van der Waals surface area contributed by atoms with Crippen LogP contribution in [0.25, 0.3) is 0 Å². The molecule has 1 unspecified atom stereocenters. The Morgan fingerprint density at radius 2 is 1.05 bits per heavy atom. The Bertz CT molecular complexity index is 156. The average Bonchev–Trinajstić information content (AvgIpc) is 2.42. The number of rotatable bonds is 15. The number of unbranched alkanes of at least 4 members (excludes halogenated alkanes) is 8. The van der Waals surface area contributed by atoms with Crippen LogP contribution in [0.5, 0.6) is 0 Å². The molecule has 0 amide bonds. The van der Waals surface area contributed by atoms with E-state index in [-0.39, 0.29) is 0 Å². The van der Waals surface area contributed by atoms with E-state index in [0.29, 0.717) is 0 Å². The summed E-state index contributed by atoms with van der Waals surface area (Å²) < 4.78 is 0. The third-order valence-corrected chi connectivity index (χ3v) is 4.03. The molecule has 0 saturated carbocycles. The van der Waals surface area contributed by atoms with Crippen molar-refractivity contribution in [1.82, 2.24) is 5.32 Å². The van der Waals surface area contributed by atoms with Crippen molar-refractivity contribution in [2.75, 3.05) is 6.54 Å². The Labute approximate surface area is 122 Å². The number of hydrogen-bond acceptors (Lipinski definition) is 1. The largest absolute Gasteiger partial charge is 0.314 e. The van der Waals surface area contributed by atoms with Crippen LogP contribution in [0.15, 0.2) is 0 Å². The molecule has 0 saturated heterocycles. The zero-order valence-electron chi connectivity index (χ0n) is 14.0. The van der Waals surface area contributed by atoms with Crippen molar-refractivity contribution < 1.29 is 0 Å². The zero-order chi connectivity index (χ0) is 14.2. The molecule has 1 heteroatoms. The zero-order valence-corrected chi connectivity index (χ0v) is 14.0. The molecule has 1 N–H and O–H groups in total. The second kappa shape index (κ2) is 16.0. The van der Waals surface area contributed by atoms with Gasteiger partial charge in [0.25, 0.3) is 0 Å². The summed E-state index contributed by atoms with van der Waals surface area (Å²) in [4.78, 5) is 0. The highest BCUT2D eigenvalue weighted by Crippen LogP contribution is 2.12. The molecular formula is C18H39N. The van der Waals surface area contributed by atoms with Crippen LogP contribution in [0.1, 0.15) is 104 Å². The van der Waals surface area contributed by atoms with Crippen molar-refractivity contribution >= 4 is 0 Å². The highest BCUT2D eigenvalue weighted by Gasteiger charge is 2.07. The Morgan fingerprint density at radius 1 is 0.579 bits per heavy atom. The lowest BCUT2D eigenvalue weighted by Gasteiger charge is -2.18. The van der Waals surface area contributed by atoms with Crippen molar-refractivity contribution in [3.63, 3.8) is 0 Å². The molecule has 0 aromatic heterocycles. The summed E-state index contributed by atoms with van der Waals surface area (Å²) in [6.45, 7) is 8.12. The molecule has 116 valence electrons. The fraction of sp³-hybridized carbons (Fsp3) is 1.00. The van der Waals surface area contributed by atoms with Gasteiger partial charge < -0.3 is 5.32 Å². The van der Waals surface area contributed by atoms with Gasteiger partial charge in [0.1, 0.15) is 0 Å². The van der Waals surface area contributed by atoms with Gasteiger partial charge in [-0.2, -0.15) is 0 Å². The molecule has 0 rings (SSSR count). The number of nitrogens with one attached hydrogen (secondary N) is 1. The van der Waals surface area contributed by atoms with Crippen LogP contribution < -0.4 is 5.32 Å². The minimum absolute atomic E-state index is 0.796. The predicted molar refractivity (Wildman–Crippen MR) is 88.8 cm³/mol. The highest BCUT2D eigenvalue weighted by atomic mass is 14.9.